The lowest BCUT2D eigenvalue weighted by atomic mass is 9.83. The van der Waals surface area contributed by atoms with Gasteiger partial charge in [0.1, 0.15) is 0 Å². The molecule has 0 saturated heterocycles. The number of halogens is 2. The molecule has 1 aromatic heterocycles. The van der Waals surface area contributed by atoms with Crippen LogP contribution in [0.3, 0.4) is 0 Å². The Morgan fingerprint density at radius 3 is 1.16 bits per heavy atom. The zero-order chi connectivity index (χ0) is 46.7. The smallest absolute Gasteiger partial charge is 0.324 e. The van der Waals surface area contributed by atoms with Crippen molar-refractivity contribution in [3.63, 3.8) is 0 Å². The summed E-state index contributed by atoms with van der Waals surface area (Å²) in [5.41, 5.74) is 14.5. The van der Waals surface area contributed by atoms with E-state index in [1.807, 2.05) is 18.2 Å². The Morgan fingerprint density at radius 2 is 0.781 bits per heavy atom. The maximum atomic E-state index is 16.5. The second kappa shape index (κ2) is 16.8. The van der Waals surface area contributed by atoms with Crippen molar-refractivity contribution in [2.24, 2.45) is 4.99 Å². The minimum absolute atomic E-state index is 0.0177. The molecular weight excluding hydrogens is 785 g/mol. The van der Waals surface area contributed by atoms with Crippen LogP contribution in [-0.4, -0.2) is 17.6 Å². The number of aromatic nitrogens is 1. The van der Waals surface area contributed by atoms with Crippen molar-refractivity contribution in [2.75, 3.05) is 0 Å². The van der Waals surface area contributed by atoms with Gasteiger partial charge in [0, 0.05) is 28.0 Å². The first-order valence-corrected chi connectivity index (χ1v) is 22.9. The van der Waals surface area contributed by atoms with Gasteiger partial charge in [0.05, 0.1) is 17.1 Å². The monoisotopic (exact) mass is 853 g/mol. The Morgan fingerprint density at radius 1 is 0.438 bits per heavy atom. The van der Waals surface area contributed by atoms with Crippen molar-refractivity contribution >= 4 is 24.3 Å². The molecule has 5 aromatic carbocycles. The molecule has 0 radical (unpaired) electrons. The molecule has 0 unspecified atom stereocenters. The highest BCUT2D eigenvalue weighted by atomic mass is 19.2. The molecule has 1 aliphatic rings. The summed E-state index contributed by atoms with van der Waals surface area (Å²) in [6.45, 7) is 33.0. The van der Waals surface area contributed by atoms with Gasteiger partial charge in [-0.15, -0.1) is 0 Å². The van der Waals surface area contributed by atoms with Crippen LogP contribution in [0.1, 0.15) is 154 Å². The van der Waals surface area contributed by atoms with Crippen LogP contribution in [0.4, 0.5) is 8.63 Å². The van der Waals surface area contributed by atoms with Crippen LogP contribution in [0.25, 0.3) is 33.5 Å². The van der Waals surface area contributed by atoms with Crippen molar-refractivity contribution in [2.45, 2.75) is 131 Å². The molecule has 5 heteroatoms. The number of hydrogen-bond donors (Lipinski definition) is 0. The van der Waals surface area contributed by atoms with E-state index in [9.17, 15) is 0 Å². The molecular formula is C59H67BF2N2. The summed E-state index contributed by atoms with van der Waals surface area (Å²) >= 11 is 0. The number of benzene rings is 5. The summed E-state index contributed by atoms with van der Waals surface area (Å²) in [6, 6.07) is 44.4. The number of aliphatic imine (C=N–C) groups is 1. The highest BCUT2D eigenvalue weighted by molar-refractivity contribution is 6.42. The Labute approximate surface area is 383 Å². The van der Waals surface area contributed by atoms with Crippen molar-refractivity contribution in [1.82, 2.24) is 4.48 Å². The molecule has 6 aromatic rings. The van der Waals surface area contributed by atoms with Gasteiger partial charge >= 0.3 is 7.40 Å². The second-order valence-electron chi connectivity index (χ2n) is 22.9. The fourth-order valence-corrected chi connectivity index (χ4v) is 8.51. The van der Waals surface area contributed by atoms with E-state index in [0.717, 1.165) is 55.8 Å². The SMILES string of the molecule is CC(C)(C)c1ccc(C2=CC(c3ccc(C(C)(C)C)cc3)=N/C2=C(/c2ccc(C(C)(C)C)cc2)c2c(-c3ccc(C(C)(C)C)cc3)cc(-c3ccc(C(C)(C)C)cc3)n2B(F)F)cc1. The average molecular weight is 853 g/mol. The van der Waals surface area contributed by atoms with Gasteiger partial charge in [0.25, 0.3) is 0 Å². The summed E-state index contributed by atoms with van der Waals surface area (Å²) < 4.78 is 34.3. The minimum Gasteiger partial charge on any atom is -0.324 e. The van der Waals surface area contributed by atoms with Gasteiger partial charge < -0.3 is 4.48 Å². The van der Waals surface area contributed by atoms with Gasteiger partial charge in [-0.05, 0) is 89.3 Å². The third-order valence-electron chi connectivity index (χ3n) is 12.7. The number of rotatable bonds is 7. The molecule has 0 bridgehead atoms. The molecule has 2 heterocycles. The van der Waals surface area contributed by atoms with Crippen LogP contribution in [0.2, 0.25) is 0 Å². The summed E-state index contributed by atoms with van der Waals surface area (Å²) in [6.07, 6.45) is 2.15. The molecule has 7 rings (SSSR count). The van der Waals surface area contributed by atoms with E-state index in [4.69, 9.17) is 4.99 Å². The van der Waals surface area contributed by atoms with E-state index >= 15 is 8.63 Å². The lowest BCUT2D eigenvalue weighted by Gasteiger charge is -2.23. The van der Waals surface area contributed by atoms with Crippen LogP contribution in [0, 0.1) is 0 Å². The second-order valence-corrected chi connectivity index (χ2v) is 22.9. The fourth-order valence-electron chi connectivity index (χ4n) is 8.51. The number of nitrogens with zero attached hydrogens (tertiary/aromatic N) is 2. The Kier molecular flexibility index (Phi) is 12.2. The molecule has 2 nitrogen and oxygen atoms in total. The van der Waals surface area contributed by atoms with E-state index in [-0.39, 0.29) is 27.1 Å². The van der Waals surface area contributed by atoms with Gasteiger partial charge in [-0.25, -0.2) is 4.99 Å². The zero-order valence-corrected chi connectivity index (χ0v) is 40.9. The molecule has 0 spiro atoms. The lowest BCUT2D eigenvalue weighted by molar-refractivity contribution is 0.590. The van der Waals surface area contributed by atoms with Crippen LogP contribution in [-0.2, 0) is 27.1 Å². The largest absolute Gasteiger partial charge is 0.678 e. The van der Waals surface area contributed by atoms with Crippen LogP contribution in [0.15, 0.2) is 144 Å². The maximum absolute atomic E-state index is 16.5. The van der Waals surface area contributed by atoms with Crippen LogP contribution < -0.4 is 0 Å². The van der Waals surface area contributed by atoms with Crippen molar-refractivity contribution in [1.29, 1.82) is 0 Å². The van der Waals surface area contributed by atoms with Gasteiger partial charge in [0.15, 0.2) is 0 Å². The Hall–Kier alpha value is -5.55. The molecule has 0 atom stereocenters. The average Bonchev–Trinajstić information content (AvgIpc) is 3.83. The molecule has 0 aliphatic carbocycles. The quantitative estimate of drug-likeness (QED) is 0.142. The van der Waals surface area contributed by atoms with Gasteiger partial charge in [-0.1, -0.05) is 225 Å². The Bertz CT molecular complexity index is 2730. The summed E-state index contributed by atoms with van der Waals surface area (Å²) in [5.74, 6) is 0. The predicted molar refractivity (Wildman–Crippen MR) is 272 cm³/mol. The molecule has 0 fully saturated rings. The third-order valence-corrected chi connectivity index (χ3v) is 12.7. The van der Waals surface area contributed by atoms with Crippen molar-refractivity contribution < 1.29 is 8.63 Å². The topological polar surface area (TPSA) is 17.3 Å². The highest BCUT2D eigenvalue weighted by Crippen LogP contribution is 2.46. The highest BCUT2D eigenvalue weighted by Gasteiger charge is 2.34. The van der Waals surface area contributed by atoms with Crippen LogP contribution in [0.5, 0.6) is 0 Å². The summed E-state index contributed by atoms with van der Waals surface area (Å²) in [5, 5.41) is 0. The van der Waals surface area contributed by atoms with E-state index in [1.165, 1.54) is 21.2 Å². The normalized spacial score (nSPS) is 14.7. The first-order valence-electron chi connectivity index (χ1n) is 22.9. The van der Waals surface area contributed by atoms with E-state index < -0.39 is 7.40 Å². The standard InChI is InChI=1S/C59H67BF2N2/c1-55(2,3)43-26-16-38(17-27-43)48-36-50(40-20-30-45(31-21-40)57(7,8)9)63-53(48)52(42-24-34-47(35-25-42)59(13,14)15)54-49(39-18-28-44(29-19-39)56(4,5)6)37-51(64(54)60(61)62)41-22-32-46(33-23-41)58(10,11)12/h16-37H,1-15H3/b53-52-. The van der Waals surface area contributed by atoms with Gasteiger partial charge in [0.2, 0.25) is 0 Å². The Balaban J connectivity index is 1.62. The van der Waals surface area contributed by atoms with E-state index in [1.54, 1.807) is 0 Å². The number of allylic oxidation sites excluding steroid dienone is 2. The first-order chi connectivity index (χ1) is 29.7. The first kappa shape index (κ1) is 46.4. The van der Waals surface area contributed by atoms with Crippen molar-refractivity contribution in [3.05, 3.63) is 189 Å². The van der Waals surface area contributed by atoms with Crippen molar-refractivity contribution in [3.8, 4) is 22.4 Å². The van der Waals surface area contributed by atoms with E-state index in [0.29, 0.717) is 22.7 Å². The molecule has 1 aliphatic heterocycles. The summed E-state index contributed by atoms with van der Waals surface area (Å²) in [7, 11) is -2.87. The van der Waals surface area contributed by atoms with Crippen LogP contribution >= 0.6 is 0 Å². The minimum atomic E-state index is -2.87. The fraction of sp³-hybridized carbons (Fsp3) is 0.339. The third kappa shape index (κ3) is 9.60. The molecule has 0 saturated carbocycles. The maximum Gasteiger partial charge on any atom is 0.678 e. The molecule has 64 heavy (non-hydrogen) atoms. The molecule has 0 N–H and O–H groups in total. The van der Waals surface area contributed by atoms with E-state index in [2.05, 4.69) is 219 Å². The molecule has 330 valence electrons. The predicted octanol–water partition coefficient (Wildman–Crippen LogP) is 16.4. The lowest BCUT2D eigenvalue weighted by Crippen LogP contribution is -2.18. The van der Waals surface area contributed by atoms with Gasteiger partial charge in [-0.2, -0.15) is 0 Å². The van der Waals surface area contributed by atoms with Gasteiger partial charge in [-0.3, -0.25) is 8.63 Å². The number of hydrogen-bond acceptors (Lipinski definition) is 1. The summed E-state index contributed by atoms with van der Waals surface area (Å²) in [4.78, 5) is 5.55. The molecule has 0 amide bonds. The zero-order valence-electron chi connectivity index (χ0n) is 40.9.